The molecule has 0 aromatic heterocycles. The van der Waals surface area contributed by atoms with Crippen LogP contribution < -0.4 is 5.73 Å². The number of hydrogen-bond donors (Lipinski definition) is 1. The van der Waals surface area contributed by atoms with Crippen molar-refractivity contribution in [2.24, 2.45) is 0 Å². The SMILES string of the molecule is Nc1ccc(S(=O)(=O)c2ccc(C[AsH2])cc2)cc1. The van der Waals surface area contributed by atoms with E-state index in [0.717, 1.165) is 10.8 Å². The molecule has 1 unspecified atom stereocenters. The fourth-order valence-electron chi connectivity index (χ4n) is 1.59. The average molecular weight is 323 g/mol. The van der Waals surface area contributed by atoms with Crippen LogP contribution in [-0.2, 0) is 15.0 Å². The summed E-state index contributed by atoms with van der Waals surface area (Å²) in [5.41, 5.74) is 7.25. The minimum absolute atomic E-state index is 0.269. The van der Waals surface area contributed by atoms with Gasteiger partial charge in [0.2, 0.25) is 0 Å². The van der Waals surface area contributed by atoms with Crippen LogP contribution in [-0.4, -0.2) is 25.3 Å². The zero-order valence-electron chi connectivity index (χ0n) is 9.71. The van der Waals surface area contributed by atoms with Crippen molar-refractivity contribution < 1.29 is 8.42 Å². The second kappa shape index (κ2) is 5.17. The van der Waals surface area contributed by atoms with Crippen molar-refractivity contribution in [3.8, 4) is 0 Å². The zero-order chi connectivity index (χ0) is 13.2. The van der Waals surface area contributed by atoms with Crippen molar-refractivity contribution in [2.75, 3.05) is 5.73 Å². The maximum absolute atomic E-state index is 12.3. The molecule has 0 aliphatic carbocycles. The van der Waals surface area contributed by atoms with Crippen LogP contribution in [0, 0.1) is 0 Å². The van der Waals surface area contributed by atoms with E-state index in [2.05, 4.69) is 0 Å². The number of hydrogen-bond acceptors (Lipinski definition) is 3. The van der Waals surface area contributed by atoms with E-state index in [0.29, 0.717) is 10.6 Å². The van der Waals surface area contributed by atoms with Gasteiger partial charge < -0.3 is 0 Å². The molecule has 0 fully saturated rings. The zero-order valence-corrected chi connectivity index (χ0v) is 12.9. The van der Waals surface area contributed by atoms with Crippen molar-refractivity contribution in [1.82, 2.24) is 0 Å². The van der Waals surface area contributed by atoms with Crippen LogP contribution in [0.3, 0.4) is 0 Å². The number of nitrogen functional groups attached to an aromatic ring is 1. The maximum atomic E-state index is 12.3. The van der Waals surface area contributed by atoms with Crippen molar-refractivity contribution >= 4 is 32.4 Å². The molecule has 0 radical (unpaired) electrons. The summed E-state index contributed by atoms with van der Waals surface area (Å²) in [5.74, 6) is 0. The molecule has 2 N–H and O–H groups in total. The van der Waals surface area contributed by atoms with Gasteiger partial charge in [0.1, 0.15) is 0 Å². The molecule has 0 saturated heterocycles. The van der Waals surface area contributed by atoms with Crippen LogP contribution in [0.15, 0.2) is 58.3 Å². The van der Waals surface area contributed by atoms with Gasteiger partial charge in [0.25, 0.3) is 0 Å². The first-order chi connectivity index (χ1) is 8.54. The molecule has 0 amide bonds. The topological polar surface area (TPSA) is 60.2 Å². The molecule has 3 nitrogen and oxygen atoms in total. The van der Waals surface area contributed by atoms with Crippen LogP contribution >= 0.6 is 0 Å². The predicted molar refractivity (Wildman–Crippen MR) is 75.0 cm³/mol. The van der Waals surface area contributed by atoms with Gasteiger partial charge in [-0.1, -0.05) is 0 Å². The van der Waals surface area contributed by atoms with E-state index in [-0.39, 0.29) is 4.90 Å². The van der Waals surface area contributed by atoms with E-state index in [1.807, 2.05) is 12.1 Å². The standard InChI is InChI=1S/C13H14AsNO2S/c14-9-10-1-5-12(6-2-10)18(16,17)13-7-3-11(15)4-8-13/h1-8H,9,14-15H2. The van der Waals surface area contributed by atoms with Crippen LogP contribution in [0.4, 0.5) is 5.69 Å². The molecule has 0 aliphatic heterocycles. The van der Waals surface area contributed by atoms with Crippen LogP contribution in [0.1, 0.15) is 5.56 Å². The second-order valence-corrected chi connectivity index (χ2v) is 6.73. The number of sulfone groups is 1. The number of nitrogens with two attached hydrogens (primary N) is 1. The number of rotatable bonds is 3. The van der Waals surface area contributed by atoms with Crippen molar-refractivity contribution in [3.63, 3.8) is 0 Å². The number of benzene rings is 2. The molecular weight excluding hydrogens is 309 g/mol. The molecular formula is C13H14AsNO2S. The van der Waals surface area contributed by atoms with Crippen LogP contribution in [0.25, 0.3) is 0 Å². The average Bonchev–Trinajstić information content (AvgIpc) is 2.39. The third kappa shape index (κ3) is 2.60. The van der Waals surface area contributed by atoms with Crippen LogP contribution in [0.2, 0.25) is 0 Å². The first kappa shape index (κ1) is 13.2. The van der Waals surface area contributed by atoms with Gasteiger partial charge in [-0.05, 0) is 0 Å². The Hall–Kier alpha value is -1.25. The predicted octanol–water partition coefficient (Wildman–Crippen LogP) is 1.23. The fourth-order valence-corrected chi connectivity index (χ4v) is 3.42. The summed E-state index contributed by atoms with van der Waals surface area (Å²) >= 11 is 1.60. The quantitative estimate of drug-likeness (QED) is 0.683. The van der Waals surface area contributed by atoms with Gasteiger partial charge in [-0.3, -0.25) is 0 Å². The molecule has 2 aromatic rings. The van der Waals surface area contributed by atoms with Gasteiger partial charge in [0.05, 0.1) is 0 Å². The van der Waals surface area contributed by atoms with Gasteiger partial charge in [-0.15, -0.1) is 0 Å². The van der Waals surface area contributed by atoms with Gasteiger partial charge >= 0.3 is 116 Å². The van der Waals surface area contributed by atoms with Crippen molar-refractivity contribution in [2.45, 2.75) is 15.0 Å². The Labute approximate surface area is 115 Å². The molecule has 0 spiro atoms. The molecule has 0 aliphatic rings. The Bertz CT molecular complexity index is 634. The van der Waals surface area contributed by atoms with Gasteiger partial charge in [0, 0.05) is 0 Å². The Kier molecular flexibility index (Phi) is 3.79. The molecule has 2 rings (SSSR count). The second-order valence-electron chi connectivity index (χ2n) is 3.92. The first-order valence-electron chi connectivity index (χ1n) is 5.43. The summed E-state index contributed by atoms with van der Waals surface area (Å²) in [4.78, 5) is 0.585. The Morgan fingerprint density at radius 1 is 0.889 bits per heavy atom. The Balaban J connectivity index is 2.44. The monoisotopic (exact) mass is 323 g/mol. The fraction of sp³-hybridized carbons (Fsp3) is 0.0769. The third-order valence-corrected chi connectivity index (χ3v) is 5.43. The molecule has 1 atom stereocenters. The van der Waals surface area contributed by atoms with E-state index in [1.54, 1.807) is 41.1 Å². The molecule has 18 heavy (non-hydrogen) atoms. The van der Waals surface area contributed by atoms with Crippen molar-refractivity contribution in [1.29, 1.82) is 0 Å². The van der Waals surface area contributed by atoms with E-state index in [4.69, 9.17) is 5.73 Å². The molecule has 0 bridgehead atoms. The van der Waals surface area contributed by atoms with E-state index in [1.165, 1.54) is 12.1 Å². The molecule has 0 heterocycles. The first-order valence-corrected chi connectivity index (χ1v) is 8.63. The molecule has 5 heteroatoms. The van der Waals surface area contributed by atoms with Crippen molar-refractivity contribution in [3.05, 3.63) is 54.1 Å². The third-order valence-electron chi connectivity index (χ3n) is 2.66. The Morgan fingerprint density at radius 2 is 1.33 bits per heavy atom. The number of anilines is 1. The summed E-state index contributed by atoms with van der Waals surface area (Å²) in [6.07, 6.45) is 0. The molecule has 2 aromatic carbocycles. The van der Waals surface area contributed by atoms with E-state index >= 15 is 0 Å². The molecule has 0 saturated carbocycles. The van der Waals surface area contributed by atoms with Crippen LogP contribution in [0.5, 0.6) is 0 Å². The summed E-state index contributed by atoms with van der Waals surface area (Å²) < 4.78 is 24.6. The van der Waals surface area contributed by atoms with E-state index in [9.17, 15) is 8.42 Å². The minimum atomic E-state index is -3.43. The molecule has 94 valence electrons. The van der Waals surface area contributed by atoms with E-state index < -0.39 is 9.84 Å². The van der Waals surface area contributed by atoms with Gasteiger partial charge in [0.15, 0.2) is 0 Å². The normalized spacial score (nSPS) is 11.4. The van der Waals surface area contributed by atoms with Gasteiger partial charge in [-0.2, -0.15) is 0 Å². The van der Waals surface area contributed by atoms with Gasteiger partial charge in [-0.25, -0.2) is 0 Å². The summed E-state index contributed by atoms with van der Waals surface area (Å²) in [5, 5.41) is 0.954. The summed E-state index contributed by atoms with van der Waals surface area (Å²) in [6.45, 7) is 0. The summed E-state index contributed by atoms with van der Waals surface area (Å²) in [7, 11) is -3.43. The summed E-state index contributed by atoms with van der Waals surface area (Å²) in [6, 6.07) is 13.3. The Morgan fingerprint density at radius 3 is 1.78 bits per heavy atom.